The summed E-state index contributed by atoms with van der Waals surface area (Å²) in [4.78, 5) is 14.3. The van der Waals surface area contributed by atoms with E-state index in [-0.39, 0.29) is 23.7 Å². The van der Waals surface area contributed by atoms with Crippen LogP contribution in [0.1, 0.15) is 23.5 Å². The van der Waals surface area contributed by atoms with Crippen LogP contribution in [0.3, 0.4) is 0 Å². The Bertz CT molecular complexity index is 750. The van der Waals surface area contributed by atoms with Gasteiger partial charge in [-0.25, -0.2) is 4.39 Å². The predicted octanol–water partition coefficient (Wildman–Crippen LogP) is 2.72. The topological polar surface area (TPSA) is 55.6 Å². The van der Waals surface area contributed by atoms with Crippen LogP contribution in [0.5, 0.6) is 5.75 Å². The predicted molar refractivity (Wildman–Crippen MR) is 95.0 cm³/mol. The molecular weight excluding hydrogens is 319 g/mol. The first-order valence-electron chi connectivity index (χ1n) is 8.49. The Morgan fingerprint density at radius 1 is 1.24 bits per heavy atom. The van der Waals surface area contributed by atoms with E-state index in [2.05, 4.69) is 0 Å². The van der Waals surface area contributed by atoms with Crippen LogP contribution in [0.25, 0.3) is 0 Å². The average Bonchev–Trinajstić information content (AvgIpc) is 3.03. The van der Waals surface area contributed by atoms with Gasteiger partial charge >= 0.3 is 0 Å². The zero-order chi connectivity index (χ0) is 17.8. The van der Waals surface area contributed by atoms with Crippen molar-refractivity contribution in [1.82, 2.24) is 4.90 Å². The third-order valence-electron chi connectivity index (χ3n) is 4.81. The minimum atomic E-state index is -0.261. The van der Waals surface area contributed by atoms with E-state index in [1.807, 2.05) is 24.3 Å². The van der Waals surface area contributed by atoms with Crippen LogP contribution in [-0.2, 0) is 11.2 Å². The summed E-state index contributed by atoms with van der Waals surface area (Å²) in [6.07, 6.45) is 0.694. The second kappa shape index (κ2) is 7.66. The SMILES string of the molecule is COc1cccc([C@@H]2CN(C(=O)CCc3ccccc3F)C[C@H]2N)c1. The largest absolute Gasteiger partial charge is 0.497 e. The average molecular weight is 342 g/mol. The first kappa shape index (κ1) is 17.4. The van der Waals surface area contributed by atoms with Crippen molar-refractivity contribution in [2.75, 3.05) is 20.2 Å². The van der Waals surface area contributed by atoms with Crippen LogP contribution in [0.15, 0.2) is 48.5 Å². The molecule has 2 aromatic rings. The quantitative estimate of drug-likeness (QED) is 0.909. The molecule has 0 radical (unpaired) electrons. The van der Waals surface area contributed by atoms with Gasteiger partial charge in [-0.15, -0.1) is 0 Å². The molecule has 5 heteroatoms. The molecule has 1 aliphatic rings. The van der Waals surface area contributed by atoms with Crippen molar-refractivity contribution in [2.24, 2.45) is 5.73 Å². The van der Waals surface area contributed by atoms with Crippen LogP contribution in [0, 0.1) is 5.82 Å². The normalized spacial score (nSPS) is 19.9. The molecule has 2 atom stereocenters. The molecular formula is C20H23FN2O2. The number of benzene rings is 2. The zero-order valence-electron chi connectivity index (χ0n) is 14.3. The van der Waals surface area contributed by atoms with E-state index in [4.69, 9.17) is 10.5 Å². The van der Waals surface area contributed by atoms with Crippen LogP contribution in [0.2, 0.25) is 0 Å². The van der Waals surface area contributed by atoms with Crippen molar-refractivity contribution in [3.8, 4) is 5.75 Å². The molecule has 0 aliphatic carbocycles. The highest BCUT2D eigenvalue weighted by Gasteiger charge is 2.33. The van der Waals surface area contributed by atoms with E-state index in [0.717, 1.165) is 11.3 Å². The summed E-state index contributed by atoms with van der Waals surface area (Å²) in [6.45, 7) is 1.11. The summed E-state index contributed by atoms with van der Waals surface area (Å²) in [6, 6.07) is 14.3. The summed E-state index contributed by atoms with van der Waals surface area (Å²) in [5.74, 6) is 0.633. The number of halogens is 1. The maximum Gasteiger partial charge on any atom is 0.222 e. The number of likely N-dealkylation sites (tertiary alicyclic amines) is 1. The Kier molecular flexibility index (Phi) is 5.34. The second-order valence-electron chi connectivity index (χ2n) is 6.44. The number of carbonyl (C=O) groups excluding carboxylic acids is 1. The Morgan fingerprint density at radius 2 is 2.04 bits per heavy atom. The number of aryl methyl sites for hydroxylation is 1. The number of carbonyl (C=O) groups is 1. The van der Waals surface area contributed by atoms with Gasteiger partial charge < -0.3 is 15.4 Å². The molecule has 1 heterocycles. The molecule has 1 fully saturated rings. The van der Waals surface area contributed by atoms with E-state index >= 15 is 0 Å². The number of rotatable bonds is 5. The van der Waals surface area contributed by atoms with E-state index in [1.165, 1.54) is 6.07 Å². The summed E-state index contributed by atoms with van der Waals surface area (Å²) < 4.78 is 18.9. The number of nitrogens with zero attached hydrogens (tertiary/aromatic N) is 1. The van der Waals surface area contributed by atoms with Crippen LogP contribution in [0.4, 0.5) is 4.39 Å². The van der Waals surface area contributed by atoms with Crippen molar-refractivity contribution >= 4 is 5.91 Å². The number of nitrogens with two attached hydrogens (primary N) is 1. The van der Waals surface area contributed by atoms with E-state index in [9.17, 15) is 9.18 Å². The molecule has 3 rings (SSSR count). The molecule has 0 bridgehead atoms. The molecule has 1 aliphatic heterocycles. The molecule has 2 aromatic carbocycles. The van der Waals surface area contributed by atoms with Crippen molar-refractivity contribution < 1.29 is 13.9 Å². The van der Waals surface area contributed by atoms with E-state index < -0.39 is 0 Å². The highest BCUT2D eigenvalue weighted by Crippen LogP contribution is 2.29. The van der Waals surface area contributed by atoms with Crippen LogP contribution >= 0.6 is 0 Å². The molecule has 25 heavy (non-hydrogen) atoms. The summed E-state index contributed by atoms with van der Waals surface area (Å²) in [5, 5.41) is 0. The van der Waals surface area contributed by atoms with Gasteiger partial charge in [0.15, 0.2) is 0 Å². The Balaban J connectivity index is 1.62. The lowest BCUT2D eigenvalue weighted by Crippen LogP contribution is -2.32. The minimum absolute atomic E-state index is 0.0177. The number of ether oxygens (including phenoxy) is 1. The minimum Gasteiger partial charge on any atom is -0.497 e. The molecule has 0 unspecified atom stereocenters. The lowest BCUT2D eigenvalue weighted by atomic mass is 9.95. The summed E-state index contributed by atoms with van der Waals surface area (Å²) in [5.41, 5.74) is 7.92. The molecule has 0 saturated carbocycles. The first-order valence-corrected chi connectivity index (χ1v) is 8.49. The number of methoxy groups -OCH3 is 1. The highest BCUT2D eigenvalue weighted by atomic mass is 19.1. The van der Waals surface area contributed by atoms with Crippen LogP contribution in [-0.4, -0.2) is 37.0 Å². The Hall–Kier alpha value is -2.40. The second-order valence-corrected chi connectivity index (χ2v) is 6.44. The van der Waals surface area contributed by atoms with E-state index in [0.29, 0.717) is 31.5 Å². The van der Waals surface area contributed by atoms with Gasteiger partial charge in [-0.1, -0.05) is 30.3 Å². The van der Waals surface area contributed by atoms with Crippen molar-refractivity contribution in [3.05, 3.63) is 65.5 Å². The first-order chi connectivity index (χ1) is 12.1. The molecule has 0 spiro atoms. The molecule has 0 aromatic heterocycles. The van der Waals surface area contributed by atoms with Gasteiger partial charge in [0.1, 0.15) is 11.6 Å². The molecule has 132 valence electrons. The Morgan fingerprint density at radius 3 is 2.80 bits per heavy atom. The highest BCUT2D eigenvalue weighted by molar-refractivity contribution is 5.77. The number of hydrogen-bond donors (Lipinski definition) is 1. The fourth-order valence-corrected chi connectivity index (χ4v) is 3.36. The van der Waals surface area contributed by atoms with Crippen LogP contribution < -0.4 is 10.5 Å². The van der Waals surface area contributed by atoms with Gasteiger partial charge in [0.05, 0.1) is 7.11 Å². The third-order valence-corrected chi connectivity index (χ3v) is 4.81. The standard InChI is InChI=1S/C20H23FN2O2/c1-25-16-7-4-6-15(11-16)17-12-23(13-19(17)22)20(24)10-9-14-5-2-3-8-18(14)21/h2-8,11,17,19H,9-10,12-13,22H2,1H3/t17-,19+/m0/s1. The van der Waals surface area contributed by atoms with Gasteiger partial charge in [-0.2, -0.15) is 0 Å². The fourth-order valence-electron chi connectivity index (χ4n) is 3.36. The Labute approximate surface area is 147 Å². The summed E-state index contributed by atoms with van der Waals surface area (Å²) in [7, 11) is 1.63. The van der Waals surface area contributed by atoms with Gasteiger partial charge in [0.25, 0.3) is 0 Å². The maximum atomic E-state index is 13.7. The van der Waals surface area contributed by atoms with Crippen molar-refractivity contribution in [3.63, 3.8) is 0 Å². The maximum absolute atomic E-state index is 13.7. The monoisotopic (exact) mass is 342 g/mol. The smallest absolute Gasteiger partial charge is 0.222 e. The third kappa shape index (κ3) is 3.99. The van der Waals surface area contributed by atoms with Gasteiger partial charge in [-0.3, -0.25) is 4.79 Å². The van der Waals surface area contributed by atoms with Gasteiger partial charge in [0, 0.05) is 31.5 Å². The lowest BCUT2D eigenvalue weighted by Gasteiger charge is -2.17. The number of hydrogen-bond acceptors (Lipinski definition) is 3. The fraction of sp³-hybridized carbons (Fsp3) is 0.350. The lowest BCUT2D eigenvalue weighted by molar-refractivity contribution is -0.130. The number of amides is 1. The molecule has 1 amide bonds. The van der Waals surface area contributed by atoms with Crippen molar-refractivity contribution in [1.29, 1.82) is 0 Å². The zero-order valence-corrected chi connectivity index (χ0v) is 14.3. The molecule has 2 N–H and O–H groups in total. The van der Waals surface area contributed by atoms with Gasteiger partial charge in [-0.05, 0) is 35.7 Å². The summed E-state index contributed by atoms with van der Waals surface area (Å²) >= 11 is 0. The van der Waals surface area contributed by atoms with E-state index in [1.54, 1.807) is 30.2 Å². The molecule has 1 saturated heterocycles. The van der Waals surface area contributed by atoms with Gasteiger partial charge in [0.2, 0.25) is 5.91 Å². The van der Waals surface area contributed by atoms with Crippen molar-refractivity contribution in [2.45, 2.75) is 24.8 Å². The molecule has 4 nitrogen and oxygen atoms in total.